The summed E-state index contributed by atoms with van der Waals surface area (Å²) in [7, 11) is 0. The lowest BCUT2D eigenvalue weighted by atomic mass is 10.1. The van der Waals surface area contributed by atoms with Gasteiger partial charge >= 0.3 is 11.9 Å². The molecule has 0 bridgehead atoms. The number of carbonyl (C=O) groups excluding carboxylic acids is 2. The molecule has 0 radical (unpaired) electrons. The molecule has 0 aliphatic carbocycles. The quantitative estimate of drug-likeness (QED) is 0.270. The summed E-state index contributed by atoms with van der Waals surface area (Å²) < 4.78 is 11.5. The van der Waals surface area contributed by atoms with Gasteiger partial charge in [-0.1, -0.05) is 52.8 Å². The van der Waals surface area contributed by atoms with E-state index in [2.05, 4.69) is 27.8 Å². The lowest BCUT2D eigenvalue weighted by Crippen LogP contribution is -2.15. The standard InChI is InChI=1S/C26H22BrNO6/c1-17(26(32)34-16-18-5-3-2-4-6-18)13-14-33-21-10-7-19(8-11-21)24(29)28-23-12-9-20(27)15-22(23)25(30)31/h2-12,15H,1,13-14,16H2,(H,28,29)(H,30,31). The Morgan fingerprint density at radius 2 is 1.68 bits per heavy atom. The molecule has 3 aromatic carbocycles. The molecule has 1 amide bonds. The molecule has 3 rings (SSSR count). The Morgan fingerprint density at radius 1 is 0.971 bits per heavy atom. The van der Waals surface area contributed by atoms with E-state index < -0.39 is 17.8 Å². The van der Waals surface area contributed by atoms with Crippen LogP contribution in [0, 0.1) is 0 Å². The minimum Gasteiger partial charge on any atom is -0.493 e. The summed E-state index contributed by atoms with van der Waals surface area (Å²) in [5.41, 5.74) is 1.70. The Morgan fingerprint density at radius 3 is 2.35 bits per heavy atom. The fourth-order valence-corrected chi connectivity index (χ4v) is 3.28. The van der Waals surface area contributed by atoms with Gasteiger partial charge in [0.2, 0.25) is 0 Å². The summed E-state index contributed by atoms with van der Waals surface area (Å²) >= 11 is 3.22. The number of carbonyl (C=O) groups is 3. The lowest BCUT2D eigenvalue weighted by molar-refractivity contribution is -0.140. The Bertz CT molecular complexity index is 1190. The van der Waals surface area contributed by atoms with E-state index in [1.807, 2.05) is 30.3 Å². The number of ether oxygens (including phenoxy) is 2. The van der Waals surface area contributed by atoms with E-state index in [0.717, 1.165) is 5.56 Å². The maximum absolute atomic E-state index is 12.5. The van der Waals surface area contributed by atoms with Crippen molar-refractivity contribution in [1.82, 2.24) is 0 Å². The Balaban J connectivity index is 1.47. The third-order valence-corrected chi connectivity index (χ3v) is 5.24. The van der Waals surface area contributed by atoms with Crippen LogP contribution in [0.2, 0.25) is 0 Å². The average Bonchev–Trinajstić information content (AvgIpc) is 2.84. The van der Waals surface area contributed by atoms with Crippen LogP contribution in [0.1, 0.15) is 32.7 Å². The van der Waals surface area contributed by atoms with E-state index in [-0.39, 0.29) is 30.9 Å². The maximum atomic E-state index is 12.5. The van der Waals surface area contributed by atoms with Crippen molar-refractivity contribution in [3.63, 3.8) is 0 Å². The number of nitrogens with one attached hydrogen (secondary N) is 1. The number of halogens is 1. The highest BCUT2D eigenvalue weighted by atomic mass is 79.9. The molecular formula is C26H22BrNO6. The number of aromatic carboxylic acids is 1. The molecule has 174 valence electrons. The first-order chi connectivity index (χ1) is 16.3. The predicted molar refractivity (Wildman–Crippen MR) is 131 cm³/mol. The summed E-state index contributed by atoms with van der Waals surface area (Å²) in [5, 5.41) is 11.9. The molecule has 0 aliphatic heterocycles. The van der Waals surface area contributed by atoms with Gasteiger partial charge in [-0.05, 0) is 48.0 Å². The van der Waals surface area contributed by atoms with E-state index in [0.29, 0.717) is 21.4 Å². The number of hydrogen-bond donors (Lipinski definition) is 2. The van der Waals surface area contributed by atoms with E-state index in [9.17, 15) is 19.5 Å². The monoisotopic (exact) mass is 523 g/mol. The zero-order valence-corrected chi connectivity index (χ0v) is 19.7. The normalized spacial score (nSPS) is 10.3. The van der Waals surface area contributed by atoms with Crippen LogP contribution in [0.15, 0.2) is 89.4 Å². The molecule has 0 unspecified atom stereocenters. The van der Waals surface area contributed by atoms with Gasteiger partial charge in [0.05, 0.1) is 17.9 Å². The molecule has 7 nitrogen and oxygen atoms in total. The van der Waals surface area contributed by atoms with Gasteiger partial charge in [0, 0.05) is 22.0 Å². The molecule has 0 saturated carbocycles. The van der Waals surface area contributed by atoms with Gasteiger partial charge in [-0.15, -0.1) is 0 Å². The Labute approximate surface area is 205 Å². The average molecular weight is 524 g/mol. The van der Waals surface area contributed by atoms with Crippen LogP contribution in [-0.2, 0) is 16.1 Å². The third kappa shape index (κ3) is 7.05. The van der Waals surface area contributed by atoms with Crippen LogP contribution in [0.25, 0.3) is 0 Å². The third-order valence-electron chi connectivity index (χ3n) is 4.75. The zero-order chi connectivity index (χ0) is 24.5. The van der Waals surface area contributed by atoms with Crippen molar-refractivity contribution in [2.24, 2.45) is 0 Å². The zero-order valence-electron chi connectivity index (χ0n) is 18.1. The van der Waals surface area contributed by atoms with Crippen LogP contribution >= 0.6 is 15.9 Å². The first kappa shape index (κ1) is 24.7. The molecule has 3 aromatic rings. The van der Waals surface area contributed by atoms with Gasteiger partial charge in [-0.3, -0.25) is 4.79 Å². The molecule has 0 aliphatic rings. The van der Waals surface area contributed by atoms with Crippen molar-refractivity contribution < 1.29 is 29.0 Å². The van der Waals surface area contributed by atoms with Gasteiger partial charge in [0.25, 0.3) is 5.91 Å². The summed E-state index contributed by atoms with van der Waals surface area (Å²) in [6.07, 6.45) is 0.289. The molecule has 2 N–H and O–H groups in total. The SMILES string of the molecule is C=C(CCOc1ccc(C(=O)Nc2ccc(Br)cc2C(=O)O)cc1)C(=O)OCc1ccccc1. The second-order valence-corrected chi connectivity index (χ2v) is 8.15. The molecule has 0 spiro atoms. The molecular weight excluding hydrogens is 502 g/mol. The highest BCUT2D eigenvalue weighted by Crippen LogP contribution is 2.22. The molecule has 34 heavy (non-hydrogen) atoms. The van der Waals surface area contributed by atoms with Crippen LogP contribution in [0.3, 0.4) is 0 Å². The number of hydrogen-bond acceptors (Lipinski definition) is 5. The van der Waals surface area contributed by atoms with Crippen molar-refractivity contribution in [2.45, 2.75) is 13.0 Å². The maximum Gasteiger partial charge on any atom is 0.337 e. The summed E-state index contributed by atoms with van der Waals surface area (Å²) in [5.74, 6) is -1.57. The predicted octanol–water partition coefficient (Wildman–Crippen LogP) is 5.47. The van der Waals surface area contributed by atoms with Crippen molar-refractivity contribution in [1.29, 1.82) is 0 Å². The van der Waals surface area contributed by atoms with Crippen LogP contribution in [-0.4, -0.2) is 29.6 Å². The Hall–Kier alpha value is -3.91. The van der Waals surface area contributed by atoms with Crippen molar-refractivity contribution in [3.8, 4) is 5.75 Å². The van der Waals surface area contributed by atoms with E-state index in [1.165, 1.54) is 12.1 Å². The number of esters is 1. The van der Waals surface area contributed by atoms with Gasteiger partial charge in [0.15, 0.2) is 0 Å². The van der Waals surface area contributed by atoms with E-state index >= 15 is 0 Å². The molecule has 0 saturated heterocycles. The first-order valence-corrected chi connectivity index (χ1v) is 11.1. The largest absolute Gasteiger partial charge is 0.493 e. The van der Waals surface area contributed by atoms with E-state index in [1.54, 1.807) is 30.3 Å². The van der Waals surface area contributed by atoms with Gasteiger partial charge < -0.3 is 19.9 Å². The van der Waals surface area contributed by atoms with E-state index in [4.69, 9.17) is 9.47 Å². The number of carboxylic acid groups (broad SMARTS) is 1. The van der Waals surface area contributed by atoms with Crippen LogP contribution < -0.4 is 10.1 Å². The highest BCUT2D eigenvalue weighted by Gasteiger charge is 2.14. The van der Waals surface area contributed by atoms with Gasteiger partial charge in [-0.25, -0.2) is 9.59 Å². The second kappa shape index (κ2) is 11.8. The molecule has 8 heteroatoms. The molecule has 0 aromatic heterocycles. The van der Waals surface area contributed by atoms with Gasteiger partial charge in [0.1, 0.15) is 12.4 Å². The smallest absolute Gasteiger partial charge is 0.337 e. The number of anilines is 1. The number of carboxylic acids is 1. The van der Waals surface area contributed by atoms with Crippen LogP contribution in [0.4, 0.5) is 5.69 Å². The van der Waals surface area contributed by atoms with Crippen molar-refractivity contribution in [2.75, 3.05) is 11.9 Å². The summed E-state index contributed by atoms with van der Waals surface area (Å²) in [6.45, 7) is 4.14. The first-order valence-electron chi connectivity index (χ1n) is 10.3. The van der Waals surface area contributed by atoms with Crippen molar-refractivity contribution in [3.05, 3.63) is 106 Å². The summed E-state index contributed by atoms with van der Waals surface area (Å²) in [6, 6.07) is 20.3. The number of rotatable bonds is 10. The summed E-state index contributed by atoms with van der Waals surface area (Å²) in [4.78, 5) is 36.0. The Kier molecular flexibility index (Phi) is 8.59. The van der Waals surface area contributed by atoms with Gasteiger partial charge in [-0.2, -0.15) is 0 Å². The second-order valence-electron chi connectivity index (χ2n) is 7.24. The molecule has 0 fully saturated rings. The molecule has 0 atom stereocenters. The van der Waals surface area contributed by atoms with Crippen LogP contribution in [0.5, 0.6) is 5.75 Å². The topological polar surface area (TPSA) is 102 Å². The lowest BCUT2D eigenvalue weighted by Gasteiger charge is -2.11. The number of amides is 1. The fraction of sp³-hybridized carbons (Fsp3) is 0.115. The highest BCUT2D eigenvalue weighted by molar-refractivity contribution is 9.10. The minimum absolute atomic E-state index is 0.0230. The molecule has 0 heterocycles. The fourth-order valence-electron chi connectivity index (χ4n) is 2.92. The number of benzene rings is 3. The minimum atomic E-state index is -1.15. The van der Waals surface area contributed by atoms with Crippen molar-refractivity contribution >= 4 is 39.5 Å².